The molecule has 0 aliphatic carbocycles. The lowest BCUT2D eigenvalue weighted by Gasteiger charge is -2.18. The Morgan fingerprint density at radius 1 is 1.18 bits per heavy atom. The molecule has 0 radical (unpaired) electrons. The molecule has 1 N–H and O–H groups in total. The fourth-order valence-electron chi connectivity index (χ4n) is 3.39. The number of hydrogen-bond donors (Lipinski definition) is 1. The van der Waals surface area contributed by atoms with Gasteiger partial charge >= 0.3 is 6.03 Å². The largest absolute Gasteiger partial charge is 0.497 e. The highest BCUT2D eigenvalue weighted by Crippen LogP contribution is 2.26. The second-order valence-corrected chi connectivity index (χ2v) is 6.81. The maximum Gasteiger partial charge on any atom is 0.317 e. The summed E-state index contributed by atoms with van der Waals surface area (Å²) in [5.74, 6) is 1.57. The van der Waals surface area contributed by atoms with E-state index < -0.39 is 0 Å². The minimum Gasteiger partial charge on any atom is -0.497 e. The van der Waals surface area contributed by atoms with Gasteiger partial charge in [-0.05, 0) is 29.8 Å². The predicted molar refractivity (Wildman–Crippen MR) is 108 cm³/mol. The smallest absolute Gasteiger partial charge is 0.317 e. The highest BCUT2D eigenvalue weighted by atomic mass is 16.5. The summed E-state index contributed by atoms with van der Waals surface area (Å²) in [6.45, 7) is 1.73. The number of fused-ring (bicyclic) bond motifs is 1. The highest BCUT2D eigenvalue weighted by Gasteiger charge is 2.28. The van der Waals surface area contributed by atoms with Gasteiger partial charge in [0.15, 0.2) is 0 Å². The van der Waals surface area contributed by atoms with Crippen molar-refractivity contribution < 1.29 is 14.3 Å². The quantitative estimate of drug-likeness (QED) is 0.738. The zero-order valence-corrected chi connectivity index (χ0v) is 15.8. The molecule has 1 fully saturated rings. The van der Waals surface area contributed by atoms with Crippen LogP contribution in [0.3, 0.4) is 0 Å². The van der Waals surface area contributed by atoms with Crippen LogP contribution in [-0.4, -0.2) is 42.2 Å². The molecule has 2 aromatic carbocycles. The number of pyridine rings is 1. The van der Waals surface area contributed by atoms with Crippen molar-refractivity contribution in [3.8, 4) is 11.5 Å². The number of ether oxygens (including phenoxy) is 2. The number of nitrogens with zero attached hydrogens (tertiary/aromatic N) is 2. The van der Waals surface area contributed by atoms with Crippen molar-refractivity contribution in [1.29, 1.82) is 0 Å². The van der Waals surface area contributed by atoms with E-state index >= 15 is 0 Å². The maximum absolute atomic E-state index is 12.5. The molecule has 0 bridgehead atoms. The van der Waals surface area contributed by atoms with Crippen molar-refractivity contribution in [3.05, 3.63) is 66.4 Å². The number of nitrogens with one attached hydrogen (secondary N) is 1. The van der Waals surface area contributed by atoms with E-state index in [4.69, 9.17) is 9.47 Å². The zero-order valence-electron chi connectivity index (χ0n) is 15.8. The summed E-state index contributed by atoms with van der Waals surface area (Å²) in [5, 5.41) is 4.02. The molecule has 6 nitrogen and oxygen atoms in total. The first-order valence-electron chi connectivity index (χ1n) is 9.39. The lowest BCUT2D eigenvalue weighted by Crippen LogP contribution is -2.39. The van der Waals surface area contributed by atoms with Gasteiger partial charge in [-0.1, -0.05) is 30.3 Å². The van der Waals surface area contributed by atoms with Gasteiger partial charge in [-0.3, -0.25) is 4.98 Å². The first-order chi connectivity index (χ1) is 13.7. The van der Waals surface area contributed by atoms with Crippen LogP contribution in [0.1, 0.15) is 12.0 Å². The van der Waals surface area contributed by atoms with Crippen molar-refractivity contribution in [2.45, 2.75) is 19.1 Å². The molecule has 0 unspecified atom stereocenters. The molecule has 144 valence electrons. The fraction of sp³-hybridized carbons (Fsp3) is 0.273. The number of likely N-dealkylation sites (tertiary alicyclic amines) is 1. The molecule has 2 amide bonds. The van der Waals surface area contributed by atoms with Gasteiger partial charge in [-0.15, -0.1) is 0 Å². The summed E-state index contributed by atoms with van der Waals surface area (Å²) < 4.78 is 11.3. The summed E-state index contributed by atoms with van der Waals surface area (Å²) >= 11 is 0. The van der Waals surface area contributed by atoms with Crippen LogP contribution < -0.4 is 14.8 Å². The first-order valence-corrected chi connectivity index (χ1v) is 9.39. The Labute approximate surface area is 164 Å². The second kappa shape index (κ2) is 8.17. The van der Waals surface area contributed by atoms with E-state index in [0.717, 1.165) is 34.4 Å². The molecular weight excluding hydrogens is 354 g/mol. The number of amides is 2. The lowest BCUT2D eigenvalue weighted by molar-refractivity contribution is 0.187. The molecule has 2 heterocycles. The predicted octanol–water partition coefficient (Wildman–Crippen LogP) is 3.61. The van der Waals surface area contributed by atoms with Crippen LogP contribution in [0.2, 0.25) is 0 Å². The number of hydrogen-bond acceptors (Lipinski definition) is 4. The normalized spacial score (nSPS) is 16.2. The van der Waals surface area contributed by atoms with E-state index in [2.05, 4.69) is 10.3 Å². The van der Waals surface area contributed by atoms with Crippen molar-refractivity contribution >= 4 is 16.9 Å². The molecular formula is C22H23N3O3. The van der Waals surface area contributed by atoms with Crippen LogP contribution in [0.5, 0.6) is 11.5 Å². The van der Waals surface area contributed by atoms with Crippen LogP contribution in [0.4, 0.5) is 4.79 Å². The van der Waals surface area contributed by atoms with Crippen LogP contribution in [0.15, 0.2) is 60.8 Å². The minimum atomic E-state index is -0.0713. The van der Waals surface area contributed by atoms with E-state index in [1.165, 1.54) is 0 Å². The average Bonchev–Trinajstić information content (AvgIpc) is 3.21. The van der Waals surface area contributed by atoms with Gasteiger partial charge in [0.1, 0.15) is 23.1 Å². The third-order valence-corrected chi connectivity index (χ3v) is 4.92. The molecule has 6 heteroatoms. The summed E-state index contributed by atoms with van der Waals surface area (Å²) in [5.41, 5.74) is 1.88. The van der Waals surface area contributed by atoms with Gasteiger partial charge in [-0.2, -0.15) is 0 Å². The van der Waals surface area contributed by atoms with Crippen molar-refractivity contribution in [3.63, 3.8) is 0 Å². The van der Waals surface area contributed by atoms with Gasteiger partial charge in [0, 0.05) is 31.1 Å². The topological polar surface area (TPSA) is 63.7 Å². The van der Waals surface area contributed by atoms with Gasteiger partial charge in [-0.25, -0.2) is 4.79 Å². The van der Waals surface area contributed by atoms with Crippen LogP contribution in [-0.2, 0) is 6.54 Å². The van der Waals surface area contributed by atoms with Crippen LogP contribution in [0.25, 0.3) is 10.9 Å². The van der Waals surface area contributed by atoms with Gasteiger partial charge < -0.3 is 19.7 Å². The van der Waals surface area contributed by atoms with E-state index in [9.17, 15) is 4.79 Å². The van der Waals surface area contributed by atoms with Gasteiger partial charge in [0.05, 0.1) is 13.7 Å². The SMILES string of the molecule is COc1ccc(CNC(=O)N2CC[C@@H](Oc3cccc4cccnc34)C2)cc1. The number of carbonyl (C=O) groups excluding carboxylic acids is 1. The van der Waals surface area contributed by atoms with Crippen LogP contribution in [0, 0.1) is 0 Å². The molecule has 0 saturated carbocycles. The summed E-state index contributed by atoms with van der Waals surface area (Å²) in [7, 11) is 1.64. The maximum atomic E-state index is 12.5. The average molecular weight is 377 g/mol. The Morgan fingerprint density at radius 2 is 2.00 bits per heavy atom. The highest BCUT2D eigenvalue weighted by molar-refractivity contribution is 5.84. The summed E-state index contributed by atoms with van der Waals surface area (Å²) in [6, 6.07) is 17.4. The summed E-state index contributed by atoms with van der Waals surface area (Å²) in [6.07, 6.45) is 2.54. The Balaban J connectivity index is 1.32. The zero-order chi connectivity index (χ0) is 19.3. The molecule has 3 aromatic rings. The standard InChI is InChI=1S/C22H23N3O3/c1-27-18-9-7-16(8-10-18)14-24-22(26)25-13-11-19(15-25)28-20-6-2-4-17-5-3-12-23-21(17)20/h2-10,12,19H,11,13-15H2,1H3,(H,24,26)/t19-/m1/s1. The van der Waals surface area contributed by atoms with Crippen LogP contribution >= 0.6 is 0 Å². The van der Waals surface area contributed by atoms with E-state index in [-0.39, 0.29) is 12.1 Å². The molecule has 1 saturated heterocycles. The first kappa shape index (κ1) is 18.1. The van der Waals surface area contributed by atoms with Crippen molar-refractivity contribution in [2.75, 3.05) is 20.2 Å². The Kier molecular flexibility index (Phi) is 5.28. The fourth-order valence-corrected chi connectivity index (χ4v) is 3.39. The molecule has 0 spiro atoms. The number of urea groups is 1. The molecule has 1 aliphatic rings. The number of para-hydroxylation sites is 1. The number of benzene rings is 2. The number of methoxy groups -OCH3 is 1. The monoisotopic (exact) mass is 377 g/mol. The van der Waals surface area contributed by atoms with E-state index in [1.807, 2.05) is 54.6 Å². The Hall–Kier alpha value is -3.28. The minimum absolute atomic E-state index is 0.0284. The second-order valence-electron chi connectivity index (χ2n) is 6.81. The van der Waals surface area contributed by atoms with E-state index in [0.29, 0.717) is 19.6 Å². The molecule has 4 rings (SSSR count). The molecule has 1 atom stereocenters. The third kappa shape index (κ3) is 4.01. The van der Waals surface area contributed by atoms with Crippen molar-refractivity contribution in [2.24, 2.45) is 0 Å². The lowest BCUT2D eigenvalue weighted by atomic mass is 10.2. The molecule has 1 aromatic heterocycles. The Morgan fingerprint density at radius 3 is 2.82 bits per heavy atom. The molecule has 1 aliphatic heterocycles. The van der Waals surface area contributed by atoms with Gasteiger partial charge in [0.2, 0.25) is 0 Å². The van der Waals surface area contributed by atoms with Gasteiger partial charge in [0.25, 0.3) is 0 Å². The number of rotatable bonds is 5. The number of aromatic nitrogens is 1. The number of carbonyl (C=O) groups is 1. The van der Waals surface area contributed by atoms with E-state index in [1.54, 1.807) is 18.2 Å². The third-order valence-electron chi connectivity index (χ3n) is 4.92. The summed E-state index contributed by atoms with van der Waals surface area (Å²) in [4.78, 5) is 18.7. The Bertz CT molecular complexity index is 953. The molecule has 28 heavy (non-hydrogen) atoms. The van der Waals surface area contributed by atoms with Crippen molar-refractivity contribution in [1.82, 2.24) is 15.2 Å².